The van der Waals surface area contributed by atoms with Crippen LogP contribution in [0.5, 0.6) is 0 Å². The lowest BCUT2D eigenvalue weighted by Crippen LogP contribution is -2.42. The SMILES string of the molecule is CN=C(NCCS(=O)c1ccccc1)NCC1(c2ccccc2Br)CC1.I. The molecule has 1 aliphatic rings. The third-order valence-electron chi connectivity index (χ3n) is 4.70. The number of nitrogens with one attached hydrogen (secondary N) is 2. The first-order valence-electron chi connectivity index (χ1n) is 8.78. The summed E-state index contributed by atoms with van der Waals surface area (Å²) in [6.45, 7) is 1.46. The number of benzene rings is 2. The Morgan fingerprint density at radius 3 is 2.41 bits per heavy atom. The van der Waals surface area contributed by atoms with Gasteiger partial charge in [0.25, 0.3) is 0 Å². The van der Waals surface area contributed by atoms with E-state index in [0.29, 0.717) is 12.3 Å². The fourth-order valence-electron chi connectivity index (χ4n) is 3.01. The fourth-order valence-corrected chi connectivity index (χ4v) is 4.70. The zero-order valence-corrected chi connectivity index (χ0v) is 20.0. The van der Waals surface area contributed by atoms with Gasteiger partial charge in [0.15, 0.2) is 5.96 Å². The second kappa shape index (κ2) is 10.6. The van der Waals surface area contributed by atoms with Gasteiger partial charge in [-0.25, -0.2) is 0 Å². The molecule has 1 atom stereocenters. The maximum atomic E-state index is 12.3. The first kappa shape index (κ1) is 22.4. The molecule has 1 aliphatic carbocycles. The number of hydrogen-bond acceptors (Lipinski definition) is 2. The Kier molecular flexibility index (Phi) is 8.75. The van der Waals surface area contributed by atoms with Gasteiger partial charge >= 0.3 is 0 Å². The number of guanidine groups is 1. The van der Waals surface area contributed by atoms with E-state index in [2.05, 4.69) is 49.8 Å². The molecule has 146 valence electrons. The van der Waals surface area contributed by atoms with E-state index in [1.165, 1.54) is 22.9 Å². The molecule has 0 aromatic heterocycles. The average molecular weight is 562 g/mol. The number of nitrogens with zero attached hydrogens (tertiary/aromatic N) is 1. The van der Waals surface area contributed by atoms with Crippen LogP contribution in [0.3, 0.4) is 0 Å². The fraction of sp³-hybridized carbons (Fsp3) is 0.350. The van der Waals surface area contributed by atoms with E-state index < -0.39 is 10.8 Å². The molecule has 7 heteroatoms. The van der Waals surface area contributed by atoms with Gasteiger partial charge in [0.2, 0.25) is 0 Å². The summed E-state index contributed by atoms with van der Waals surface area (Å²) in [7, 11) is 0.771. The topological polar surface area (TPSA) is 53.5 Å². The second-order valence-electron chi connectivity index (χ2n) is 6.48. The Balaban J connectivity index is 0.00000261. The van der Waals surface area contributed by atoms with Crippen molar-refractivity contribution in [1.82, 2.24) is 10.6 Å². The predicted molar refractivity (Wildman–Crippen MR) is 128 cm³/mol. The zero-order chi connectivity index (χ0) is 18.4. The van der Waals surface area contributed by atoms with Gasteiger partial charge in [-0.2, -0.15) is 0 Å². The number of hydrogen-bond donors (Lipinski definition) is 2. The second-order valence-corrected chi connectivity index (χ2v) is 8.90. The molecule has 27 heavy (non-hydrogen) atoms. The molecular weight excluding hydrogens is 537 g/mol. The van der Waals surface area contributed by atoms with Crippen LogP contribution in [0.1, 0.15) is 18.4 Å². The van der Waals surface area contributed by atoms with Gasteiger partial charge in [0, 0.05) is 40.7 Å². The monoisotopic (exact) mass is 561 g/mol. The summed E-state index contributed by atoms with van der Waals surface area (Å²) in [5.41, 5.74) is 1.54. The molecule has 0 spiro atoms. The molecule has 2 N–H and O–H groups in total. The Labute approximate surface area is 189 Å². The van der Waals surface area contributed by atoms with E-state index in [4.69, 9.17) is 0 Å². The molecule has 2 aromatic carbocycles. The quantitative estimate of drug-likeness (QED) is 0.304. The average Bonchev–Trinajstić information content (AvgIpc) is 3.46. The van der Waals surface area contributed by atoms with Crippen LogP contribution in [0.4, 0.5) is 0 Å². The standard InChI is InChI=1S/C20H24BrN3OS.HI/c1-22-19(23-13-14-26(25)16-7-3-2-4-8-16)24-15-20(11-12-20)17-9-5-6-10-18(17)21;/h2-10H,11-15H2,1H3,(H2,22,23,24);1H. The molecule has 1 unspecified atom stereocenters. The Morgan fingerprint density at radius 2 is 1.78 bits per heavy atom. The summed E-state index contributed by atoms with van der Waals surface area (Å²) in [4.78, 5) is 5.15. The minimum Gasteiger partial charge on any atom is -0.356 e. The van der Waals surface area contributed by atoms with Crippen molar-refractivity contribution in [3.8, 4) is 0 Å². The normalized spacial score (nSPS) is 16.1. The Hall–Kier alpha value is -0.930. The van der Waals surface area contributed by atoms with Crippen LogP contribution in [0.15, 0.2) is 69.0 Å². The highest BCUT2D eigenvalue weighted by atomic mass is 127. The number of aliphatic imine (C=N–C) groups is 1. The van der Waals surface area contributed by atoms with Gasteiger partial charge in [-0.1, -0.05) is 52.3 Å². The Bertz CT molecular complexity index is 797. The van der Waals surface area contributed by atoms with E-state index in [-0.39, 0.29) is 29.4 Å². The maximum Gasteiger partial charge on any atom is 0.191 e. The number of rotatable bonds is 7. The Morgan fingerprint density at radius 1 is 1.11 bits per heavy atom. The van der Waals surface area contributed by atoms with Crippen molar-refractivity contribution >= 4 is 56.7 Å². The van der Waals surface area contributed by atoms with E-state index >= 15 is 0 Å². The molecular formula is C20H25BrIN3OS. The predicted octanol–water partition coefficient (Wildman–Crippen LogP) is 4.07. The van der Waals surface area contributed by atoms with Crippen LogP contribution in [0.25, 0.3) is 0 Å². The minimum atomic E-state index is -0.995. The highest BCUT2D eigenvalue weighted by Gasteiger charge is 2.45. The van der Waals surface area contributed by atoms with E-state index in [0.717, 1.165) is 17.4 Å². The summed E-state index contributed by atoms with van der Waals surface area (Å²) in [6.07, 6.45) is 2.36. The minimum absolute atomic E-state index is 0. The van der Waals surface area contributed by atoms with Crippen molar-refractivity contribution in [3.05, 3.63) is 64.6 Å². The first-order valence-corrected chi connectivity index (χ1v) is 10.9. The summed E-state index contributed by atoms with van der Waals surface area (Å²) in [5, 5.41) is 6.70. The summed E-state index contributed by atoms with van der Waals surface area (Å²) >= 11 is 3.67. The molecule has 0 aliphatic heterocycles. The van der Waals surface area contributed by atoms with Gasteiger partial charge in [0.05, 0.1) is 10.8 Å². The van der Waals surface area contributed by atoms with Crippen LogP contribution >= 0.6 is 39.9 Å². The van der Waals surface area contributed by atoms with Crippen molar-refractivity contribution in [1.29, 1.82) is 0 Å². The van der Waals surface area contributed by atoms with Gasteiger partial charge in [-0.05, 0) is 36.6 Å². The molecule has 2 aromatic rings. The van der Waals surface area contributed by atoms with Crippen LogP contribution in [-0.4, -0.2) is 36.1 Å². The maximum absolute atomic E-state index is 12.3. The smallest absolute Gasteiger partial charge is 0.191 e. The van der Waals surface area contributed by atoms with Crippen LogP contribution in [-0.2, 0) is 16.2 Å². The van der Waals surface area contributed by atoms with Crippen LogP contribution in [0.2, 0.25) is 0 Å². The van der Waals surface area contributed by atoms with Crippen molar-refractivity contribution in [2.75, 3.05) is 25.9 Å². The molecule has 0 saturated heterocycles. The highest BCUT2D eigenvalue weighted by Crippen LogP contribution is 2.49. The molecule has 1 fully saturated rings. The zero-order valence-electron chi connectivity index (χ0n) is 15.3. The molecule has 0 bridgehead atoms. The van der Waals surface area contributed by atoms with E-state index in [1.807, 2.05) is 36.4 Å². The van der Waals surface area contributed by atoms with Crippen molar-refractivity contribution in [2.24, 2.45) is 4.99 Å². The van der Waals surface area contributed by atoms with Crippen molar-refractivity contribution in [2.45, 2.75) is 23.2 Å². The van der Waals surface area contributed by atoms with Gasteiger partial charge < -0.3 is 10.6 Å². The molecule has 0 amide bonds. The summed E-state index contributed by atoms with van der Waals surface area (Å²) in [5.74, 6) is 1.31. The number of halogens is 2. The largest absolute Gasteiger partial charge is 0.356 e. The van der Waals surface area contributed by atoms with Gasteiger partial charge in [0.1, 0.15) is 0 Å². The molecule has 0 radical (unpaired) electrons. The van der Waals surface area contributed by atoms with E-state index in [1.54, 1.807) is 7.05 Å². The molecule has 3 rings (SSSR count). The molecule has 0 heterocycles. The van der Waals surface area contributed by atoms with Crippen LogP contribution in [0, 0.1) is 0 Å². The third kappa shape index (κ3) is 6.02. The third-order valence-corrected chi connectivity index (χ3v) is 6.77. The van der Waals surface area contributed by atoms with Gasteiger partial charge in [-0.3, -0.25) is 9.20 Å². The lowest BCUT2D eigenvalue weighted by atomic mass is 9.96. The van der Waals surface area contributed by atoms with Crippen LogP contribution < -0.4 is 10.6 Å². The summed E-state index contributed by atoms with van der Waals surface area (Å²) in [6, 6.07) is 18.0. The van der Waals surface area contributed by atoms with Crippen molar-refractivity contribution < 1.29 is 4.21 Å². The lowest BCUT2D eigenvalue weighted by molar-refractivity contribution is 0.644. The summed E-state index contributed by atoms with van der Waals surface area (Å²) < 4.78 is 13.4. The van der Waals surface area contributed by atoms with Gasteiger partial charge in [-0.15, -0.1) is 24.0 Å². The lowest BCUT2D eigenvalue weighted by Gasteiger charge is -2.20. The molecule has 4 nitrogen and oxygen atoms in total. The van der Waals surface area contributed by atoms with E-state index in [9.17, 15) is 4.21 Å². The highest BCUT2D eigenvalue weighted by molar-refractivity contribution is 14.0. The molecule has 1 saturated carbocycles. The van der Waals surface area contributed by atoms with Crippen molar-refractivity contribution in [3.63, 3.8) is 0 Å². The first-order chi connectivity index (χ1) is 12.6.